The van der Waals surface area contributed by atoms with Crippen LogP contribution >= 0.6 is 0 Å². The first-order valence-corrected chi connectivity index (χ1v) is 14.9. The fraction of sp³-hybridized carbons (Fsp3) is 0.528. The predicted molar refractivity (Wildman–Crippen MR) is 154 cm³/mol. The topological polar surface area (TPSA) is 17.1 Å². The van der Waals surface area contributed by atoms with E-state index >= 15 is 0 Å². The highest BCUT2D eigenvalue weighted by atomic mass is 16.1. The van der Waals surface area contributed by atoms with Crippen molar-refractivity contribution in [3.63, 3.8) is 0 Å². The van der Waals surface area contributed by atoms with Gasteiger partial charge >= 0.3 is 0 Å². The summed E-state index contributed by atoms with van der Waals surface area (Å²) in [5, 5.41) is 0. The lowest BCUT2D eigenvalue weighted by molar-refractivity contribution is -0.117. The second-order valence-corrected chi connectivity index (χ2v) is 13.3. The van der Waals surface area contributed by atoms with Gasteiger partial charge in [0.15, 0.2) is 5.78 Å². The highest BCUT2D eigenvalue weighted by Gasteiger charge is 2.59. The van der Waals surface area contributed by atoms with Crippen molar-refractivity contribution in [3.8, 4) is 0 Å². The van der Waals surface area contributed by atoms with E-state index in [1.807, 2.05) is 0 Å². The zero-order valence-electron chi connectivity index (χ0n) is 23.1. The average Bonchev–Trinajstić information content (AvgIpc) is 3.28. The van der Waals surface area contributed by atoms with E-state index in [0.717, 1.165) is 49.4 Å². The molecule has 37 heavy (non-hydrogen) atoms. The normalized spacial score (nSPS) is 35.5. The molecule has 7 atom stereocenters. The van der Waals surface area contributed by atoms with Crippen LogP contribution in [0.15, 0.2) is 78.4 Å². The molecule has 0 aliphatic heterocycles. The van der Waals surface area contributed by atoms with E-state index in [-0.39, 0.29) is 5.41 Å². The first-order valence-electron chi connectivity index (χ1n) is 14.9. The predicted octanol–water partition coefficient (Wildman–Crippen LogP) is 9.29. The lowest BCUT2D eigenvalue weighted by atomic mass is 9.46. The fourth-order valence-electron chi connectivity index (χ4n) is 9.64. The van der Waals surface area contributed by atoms with Crippen molar-refractivity contribution in [3.05, 3.63) is 89.5 Å². The summed E-state index contributed by atoms with van der Waals surface area (Å²) in [6, 6.07) is 21.9. The van der Waals surface area contributed by atoms with Crippen LogP contribution in [0.2, 0.25) is 0 Å². The lowest BCUT2D eigenvalue weighted by Gasteiger charge is -2.58. The second-order valence-electron chi connectivity index (χ2n) is 13.3. The summed E-state index contributed by atoms with van der Waals surface area (Å²) >= 11 is 0. The molecule has 1 heteroatoms. The number of rotatable bonds is 5. The van der Waals surface area contributed by atoms with E-state index in [2.05, 4.69) is 93.6 Å². The monoisotopic (exact) mass is 492 g/mol. The summed E-state index contributed by atoms with van der Waals surface area (Å²) in [4.78, 5) is 12.2. The van der Waals surface area contributed by atoms with E-state index in [4.69, 9.17) is 0 Å². The largest absolute Gasteiger partial charge is 0.295 e. The Morgan fingerprint density at radius 2 is 1.54 bits per heavy atom. The van der Waals surface area contributed by atoms with Gasteiger partial charge in [-0.2, -0.15) is 0 Å². The van der Waals surface area contributed by atoms with Crippen molar-refractivity contribution >= 4 is 11.4 Å². The van der Waals surface area contributed by atoms with Gasteiger partial charge < -0.3 is 0 Å². The van der Waals surface area contributed by atoms with Crippen molar-refractivity contribution in [1.29, 1.82) is 0 Å². The SMILES string of the molecule is C[C@H](CC=C(c1ccccc1)c1ccccc1)[C@H]1CC[C@@H]2[C@H]3CCC4=CC(=O)CC[C@]4(C)[C@H]3CC[C@@]21C. The molecule has 6 rings (SSSR count). The van der Waals surface area contributed by atoms with Crippen molar-refractivity contribution in [2.75, 3.05) is 0 Å². The minimum atomic E-state index is 0.283. The minimum Gasteiger partial charge on any atom is -0.295 e. The van der Waals surface area contributed by atoms with Gasteiger partial charge in [0.2, 0.25) is 0 Å². The maximum absolute atomic E-state index is 12.2. The average molecular weight is 493 g/mol. The number of benzene rings is 2. The molecule has 3 saturated carbocycles. The van der Waals surface area contributed by atoms with Crippen LogP contribution in [0.5, 0.6) is 0 Å². The van der Waals surface area contributed by atoms with Gasteiger partial charge in [0, 0.05) is 6.42 Å². The summed E-state index contributed by atoms with van der Waals surface area (Å²) in [6.07, 6.45) is 15.6. The summed E-state index contributed by atoms with van der Waals surface area (Å²) in [5.41, 5.74) is 6.27. The molecule has 4 aliphatic carbocycles. The van der Waals surface area contributed by atoms with Gasteiger partial charge in [0.1, 0.15) is 0 Å². The van der Waals surface area contributed by atoms with Gasteiger partial charge in [-0.25, -0.2) is 0 Å². The number of allylic oxidation sites excluding steroid dienone is 2. The maximum atomic E-state index is 12.2. The van der Waals surface area contributed by atoms with Crippen LogP contribution in [0.1, 0.15) is 89.7 Å². The van der Waals surface area contributed by atoms with Gasteiger partial charge in [-0.05, 0) is 115 Å². The van der Waals surface area contributed by atoms with Crippen LogP contribution in [-0.2, 0) is 4.79 Å². The van der Waals surface area contributed by atoms with Gasteiger partial charge in [-0.1, -0.05) is 93.1 Å². The molecule has 0 radical (unpaired) electrons. The van der Waals surface area contributed by atoms with Crippen LogP contribution in [0.3, 0.4) is 0 Å². The number of hydrogen-bond donors (Lipinski definition) is 0. The zero-order valence-corrected chi connectivity index (χ0v) is 23.1. The lowest BCUT2D eigenvalue weighted by Crippen LogP contribution is -2.50. The second kappa shape index (κ2) is 9.72. The van der Waals surface area contributed by atoms with Crippen LogP contribution in [0.25, 0.3) is 5.57 Å². The highest BCUT2D eigenvalue weighted by molar-refractivity contribution is 5.91. The van der Waals surface area contributed by atoms with Crippen molar-refractivity contribution in [2.45, 2.75) is 78.6 Å². The van der Waals surface area contributed by atoms with E-state index in [0.29, 0.717) is 17.1 Å². The van der Waals surface area contributed by atoms with E-state index in [1.54, 1.807) is 0 Å². The Bertz CT molecular complexity index is 1150. The van der Waals surface area contributed by atoms with Crippen LogP contribution < -0.4 is 0 Å². The van der Waals surface area contributed by atoms with Gasteiger partial charge in [-0.3, -0.25) is 4.79 Å². The number of ketones is 1. The Morgan fingerprint density at radius 3 is 2.22 bits per heavy atom. The molecule has 4 aliphatic rings. The smallest absolute Gasteiger partial charge is 0.155 e. The molecule has 3 fully saturated rings. The molecular weight excluding hydrogens is 448 g/mol. The molecule has 0 N–H and O–H groups in total. The van der Waals surface area contributed by atoms with Crippen LogP contribution in [0, 0.1) is 40.4 Å². The first kappa shape index (κ1) is 24.9. The van der Waals surface area contributed by atoms with Gasteiger partial charge in [-0.15, -0.1) is 0 Å². The highest BCUT2D eigenvalue weighted by Crippen LogP contribution is 2.67. The third-order valence-corrected chi connectivity index (χ3v) is 11.6. The number of fused-ring (bicyclic) bond motifs is 5. The minimum absolute atomic E-state index is 0.283. The molecular formula is C36H44O. The number of hydrogen-bond acceptors (Lipinski definition) is 1. The van der Waals surface area contributed by atoms with E-state index in [9.17, 15) is 4.79 Å². The van der Waals surface area contributed by atoms with E-state index in [1.165, 1.54) is 54.4 Å². The molecule has 194 valence electrons. The number of carbonyl (C=O) groups excluding carboxylic acids is 1. The third kappa shape index (κ3) is 4.27. The Balaban J connectivity index is 1.22. The summed E-state index contributed by atoms with van der Waals surface area (Å²) in [5.74, 6) is 4.37. The summed E-state index contributed by atoms with van der Waals surface area (Å²) in [7, 11) is 0. The molecule has 0 bridgehead atoms. The first-order chi connectivity index (χ1) is 17.9. The molecule has 2 aromatic carbocycles. The fourth-order valence-corrected chi connectivity index (χ4v) is 9.64. The molecule has 0 spiro atoms. The van der Waals surface area contributed by atoms with Crippen molar-refractivity contribution in [1.82, 2.24) is 0 Å². The summed E-state index contributed by atoms with van der Waals surface area (Å²) in [6.45, 7) is 7.71. The van der Waals surface area contributed by atoms with Crippen molar-refractivity contribution < 1.29 is 4.79 Å². The molecule has 1 nitrogen and oxygen atoms in total. The van der Waals surface area contributed by atoms with Crippen molar-refractivity contribution in [2.24, 2.45) is 40.4 Å². The van der Waals surface area contributed by atoms with Crippen LogP contribution in [-0.4, -0.2) is 5.78 Å². The van der Waals surface area contributed by atoms with Crippen LogP contribution in [0.4, 0.5) is 0 Å². The molecule has 0 saturated heterocycles. The third-order valence-electron chi connectivity index (χ3n) is 11.6. The molecule has 0 unspecified atom stereocenters. The quantitative estimate of drug-likeness (QED) is 0.406. The van der Waals surface area contributed by atoms with Gasteiger partial charge in [0.25, 0.3) is 0 Å². The number of carbonyl (C=O) groups is 1. The maximum Gasteiger partial charge on any atom is 0.155 e. The summed E-state index contributed by atoms with van der Waals surface area (Å²) < 4.78 is 0. The van der Waals surface area contributed by atoms with E-state index < -0.39 is 0 Å². The molecule has 0 amide bonds. The standard InChI is InChI=1S/C36H44O/c1-25(14-16-30(26-10-6-4-7-11-26)27-12-8-5-9-13-27)32-18-19-33-31-17-15-28-24-29(37)20-22-35(28,2)34(31)21-23-36(32,33)3/h4-13,16,24-25,31-34H,14-15,17-23H2,1-3H3/t25-,31-,32-,33-,34+,35+,36-/m1/s1. The molecule has 0 aromatic heterocycles. The Morgan fingerprint density at radius 1 is 0.865 bits per heavy atom. The Hall–Kier alpha value is -2.41. The Labute approximate surface area is 224 Å². The Kier molecular flexibility index (Phi) is 6.54. The molecule has 2 aromatic rings. The molecule has 0 heterocycles. The zero-order chi connectivity index (χ0) is 25.6. The van der Waals surface area contributed by atoms with Gasteiger partial charge in [0.05, 0.1) is 0 Å².